The van der Waals surface area contributed by atoms with E-state index < -0.39 is 23.9 Å². The number of nitrogens with zero attached hydrogens (tertiary/aromatic N) is 1. The molecule has 3 nitrogen and oxygen atoms in total. The van der Waals surface area contributed by atoms with Gasteiger partial charge in [-0.2, -0.15) is 24.9 Å². The van der Waals surface area contributed by atoms with E-state index in [1.54, 1.807) is 25.3 Å². The Balaban J connectivity index is 2.78. The first kappa shape index (κ1) is 14.9. The number of halogens is 3. The average molecular weight is 281 g/mol. The lowest BCUT2D eigenvalue weighted by molar-refractivity contribution is -0.162. The molecule has 0 N–H and O–H groups in total. The fourth-order valence-electron chi connectivity index (χ4n) is 1.38. The number of hydrogen-bond acceptors (Lipinski definition) is 3. The fourth-order valence-corrected chi connectivity index (χ4v) is 1.73. The number of furan rings is 1. The van der Waals surface area contributed by atoms with E-state index in [4.69, 9.17) is 4.42 Å². The van der Waals surface area contributed by atoms with Crippen LogP contribution in [-0.4, -0.2) is 35.0 Å². The van der Waals surface area contributed by atoms with Crippen LogP contribution in [0.4, 0.5) is 13.2 Å². The Morgan fingerprint density at radius 1 is 1.56 bits per heavy atom. The second-order valence-electron chi connectivity index (χ2n) is 3.77. The minimum Gasteiger partial charge on any atom is -0.467 e. The van der Waals surface area contributed by atoms with E-state index in [1.807, 2.05) is 0 Å². The Bertz CT molecular complexity index is 378. The van der Waals surface area contributed by atoms with Crippen LogP contribution in [0.25, 0.3) is 0 Å². The first-order valence-corrected chi connectivity index (χ1v) is 6.53. The molecule has 1 aromatic rings. The van der Waals surface area contributed by atoms with Gasteiger partial charge in [-0.1, -0.05) is 0 Å². The predicted octanol–water partition coefficient (Wildman–Crippen LogP) is 2.92. The predicted molar refractivity (Wildman–Crippen MR) is 63.2 cm³/mol. The summed E-state index contributed by atoms with van der Waals surface area (Å²) in [7, 11) is 0. The van der Waals surface area contributed by atoms with Crippen LogP contribution in [0.15, 0.2) is 22.8 Å². The van der Waals surface area contributed by atoms with E-state index >= 15 is 0 Å². The van der Waals surface area contributed by atoms with Crippen molar-refractivity contribution in [2.24, 2.45) is 0 Å². The van der Waals surface area contributed by atoms with Crippen molar-refractivity contribution in [2.45, 2.75) is 24.9 Å². The van der Waals surface area contributed by atoms with E-state index in [1.165, 1.54) is 18.0 Å². The van der Waals surface area contributed by atoms with Crippen LogP contribution >= 0.6 is 11.8 Å². The number of hydrogen-bond donors (Lipinski definition) is 0. The molecule has 0 saturated carbocycles. The molecule has 1 rings (SSSR count). The molecule has 0 aliphatic heterocycles. The summed E-state index contributed by atoms with van der Waals surface area (Å²) in [5.74, 6) is -0.211. The SMILES string of the molecule is CSC(C)C(=O)N(Cc1ccco1)CC(F)(F)F. The average Bonchev–Trinajstić information content (AvgIpc) is 2.77. The summed E-state index contributed by atoms with van der Waals surface area (Å²) in [4.78, 5) is 12.6. The highest BCUT2D eigenvalue weighted by Gasteiger charge is 2.34. The molecule has 0 radical (unpaired) electrons. The van der Waals surface area contributed by atoms with Gasteiger partial charge in [-0.05, 0) is 25.3 Å². The van der Waals surface area contributed by atoms with Gasteiger partial charge in [0.25, 0.3) is 0 Å². The standard InChI is InChI=1S/C11H14F3NO2S/c1-8(18-2)10(16)15(7-11(12,13)14)6-9-4-3-5-17-9/h3-5,8H,6-7H2,1-2H3. The number of carbonyl (C=O) groups is 1. The van der Waals surface area contributed by atoms with Gasteiger partial charge in [0.15, 0.2) is 0 Å². The van der Waals surface area contributed by atoms with Crippen molar-refractivity contribution in [1.82, 2.24) is 4.90 Å². The second-order valence-corrected chi connectivity index (χ2v) is 4.95. The molecular formula is C11H14F3NO2S. The van der Waals surface area contributed by atoms with Gasteiger partial charge in [0.1, 0.15) is 12.3 Å². The van der Waals surface area contributed by atoms with Crippen LogP contribution in [0.5, 0.6) is 0 Å². The van der Waals surface area contributed by atoms with Crippen molar-refractivity contribution in [3.63, 3.8) is 0 Å². The summed E-state index contributed by atoms with van der Waals surface area (Å²) in [6.07, 6.45) is -1.37. The third-order valence-corrected chi connectivity index (χ3v) is 3.22. The first-order valence-electron chi connectivity index (χ1n) is 5.24. The molecule has 1 amide bonds. The van der Waals surface area contributed by atoms with Gasteiger partial charge in [0.05, 0.1) is 18.1 Å². The summed E-state index contributed by atoms with van der Waals surface area (Å²) in [6, 6.07) is 3.12. The maximum atomic E-state index is 12.4. The van der Waals surface area contributed by atoms with E-state index in [-0.39, 0.29) is 6.54 Å². The number of thioether (sulfide) groups is 1. The molecule has 0 fully saturated rings. The molecule has 1 atom stereocenters. The molecule has 102 valence electrons. The summed E-state index contributed by atoms with van der Waals surface area (Å²) in [5.41, 5.74) is 0. The molecule has 7 heteroatoms. The van der Waals surface area contributed by atoms with Gasteiger partial charge < -0.3 is 9.32 Å². The zero-order valence-corrected chi connectivity index (χ0v) is 10.8. The third-order valence-electron chi connectivity index (χ3n) is 2.31. The van der Waals surface area contributed by atoms with Crippen molar-refractivity contribution >= 4 is 17.7 Å². The Labute approximate surface area is 107 Å². The van der Waals surface area contributed by atoms with Gasteiger partial charge in [-0.15, -0.1) is 0 Å². The molecule has 1 heterocycles. The first-order chi connectivity index (χ1) is 8.33. The fraction of sp³-hybridized carbons (Fsp3) is 0.545. The van der Waals surface area contributed by atoms with Gasteiger partial charge in [0.2, 0.25) is 5.91 Å². The molecule has 1 aromatic heterocycles. The number of amides is 1. The molecule has 1 unspecified atom stereocenters. The number of carbonyl (C=O) groups excluding carboxylic acids is 1. The highest BCUT2D eigenvalue weighted by atomic mass is 32.2. The maximum absolute atomic E-state index is 12.4. The zero-order chi connectivity index (χ0) is 13.8. The van der Waals surface area contributed by atoms with E-state index in [2.05, 4.69) is 0 Å². The number of rotatable bonds is 5. The molecular weight excluding hydrogens is 267 g/mol. The monoisotopic (exact) mass is 281 g/mol. The second kappa shape index (κ2) is 6.17. The van der Waals surface area contributed by atoms with Crippen molar-refractivity contribution in [2.75, 3.05) is 12.8 Å². The van der Waals surface area contributed by atoms with E-state index in [0.717, 1.165) is 4.90 Å². The van der Waals surface area contributed by atoms with Crippen LogP contribution in [-0.2, 0) is 11.3 Å². The Morgan fingerprint density at radius 3 is 2.67 bits per heavy atom. The lowest BCUT2D eigenvalue weighted by Crippen LogP contribution is -2.42. The third kappa shape index (κ3) is 4.64. The van der Waals surface area contributed by atoms with Crippen molar-refractivity contribution in [3.8, 4) is 0 Å². The van der Waals surface area contributed by atoms with E-state index in [0.29, 0.717) is 5.76 Å². The van der Waals surface area contributed by atoms with Crippen LogP contribution in [0, 0.1) is 0 Å². The lowest BCUT2D eigenvalue weighted by atomic mass is 10.3. The van der Waals surface area contributed by atoms with Gasteiger partial charge in [-0.3, -0.25) is 4.79 Å². The lowest BCUT2D eigenvalue weighted by Gasteiger charge is -2.25. The summed E-state index contributed by atoms with van der Waals surface area (Å²) in [6.45, 7) is 0.145. The smallest absolute Gasteiger partial charge is 0.406 e. The molecule has 0 aliphatic carbocycles. The molecule has 0 bridgehead atoms. The van der Waals surface area contributed by atoms with Crippen LogP contribution in [0.2, 0.25) is 0 Å². The maximum Gasteiger partial charge on any atom is 0.406 e. The van der Waals surface area contributed by atoms with Crippen LogP contribution in [0.3, 0.4) is 0 Å². The number of alkyl halides is 3. The normalized spacial score (nSPS) is 13.4. The zero-order valence-electron chi connectivity index (χ0n) is 10.0. The van der Waals surface area contributed by atoms with E-state index in [9.17, 15) is 18.0 Å². The minimum atomic E-state index is -4.42. The van der Waals surface area contributed by atoms with Gasteiger partial charge >= 0.3 is 6.18 Å². The Kier molecular flexibility index (Phi) is 5.13. The summed E-state index contributed by atoms with van der Waals surface area (Å²) >= 11 is 1.21. The van der Waals surface area contributed by atoms with Crippen LogP contribution < -0.4 is 0 Å². The quantitative estimate of drug-likeness (QED) is 0.832. The van der Waals surface area contributed by atoms with Crippen molar-refractivity contribution in [1.29, 1.82) is 0 Å². The molecule has 0 aromatic carbocycles. The topological polar surface area (TPSA) is 33.5 Å². The summed E-state index contributed by atoms with van der Waals surface area (Å²) < 4.78 is 42.3. The molecule has 0 saturated heterocycles. The molecule has 18 heavy (non-hydrogen) atoms. The highest BCUT2D eigenvalue weighted by Crippen LogP contribution is 2.21. The van der Waals surface area contributed by atoms with Gasteiger partial charge in [-0.25, -0.2) is 0 Å². The Hall–Kier alpha value is -1.11. The molecule has 0 spiro atoms. The van der Waals surface area contributed by atoms with Crippen molar-refractivity contribution < 1.29 is 22.4 Å². The van der Waals surface area contributed by atoms with Crippen LogP contribution in [0.1, 0.15) is 12.7 Å². The summed E-state index contributed by atoms with van der Waals surface area (Å²) in [5, 5.41) is -0.512. The van der Waals surface area contributed by atoms with Crippen molar-refractivity contribution in [3.05, 3.63) is 24.2 Å². The largest absolute Gasteiger partial charge is 0.467 e. The molecule has 0 aliphatic rings. The Morgan fingerprint density at radius 2 is 2.22 bits per heavy atom. The minimum absolute atomic E-state index is 0.170. The van der Waals surface area contributed by atoms with Gasteiger partial charge in [0, 0.05) is 0 Å². The highest BCUT2D eigenvalue weighted by molar-refractivity contribution is 7.99.